The van der Waals surface area contributed by atoms with Crippen molar-refractivity contribution in [2.75, 3.05) is 25.3 Å². The van der Waals surface area contributed by atoms with Crippen molar-refractivity contribution in [3.63, 3.8) is 0 Å². The molecule has 0 aliphatic rings. The van der Waals surface area contributed by atoms with Crippen LogP contribution >= 0.6 is 34.7 Å². The maximum atomic E-state index is 12.8. The van der Waals surface area contributed by atoms with Gasteiger partial charge in [-0.15, -0.1) is 21.5 Å². The fraction of sp³-hybridized carbons (Fsp3) is 0.375. The Morgan fingerprint density at radius 3 is 2.51 bits per heavy atom. The number of carbonyl (C=O) groups excluding carboxylic acids is 3. The Morgan fingerprint density at radius 1 is 1.16 bits per heavy atom. The van der Waals surface area contributed by atoms with Crippen molar-refractivity contribution in [3.05, 3.63) is 50.6 Å². The summed E-state index contributed by atoms with van der Waals surface area (Å²) in [6, 6.07) is 5.53. The van der Waals surface area contributed by atoms with Crippen LogP contribution in [0.2, 0.25) is 5.02 Å². The Bertz CT molecular complexity index is 1320. The molecule has 0 saturated carbocycles. The number of aromatic nitrogens is 3. The third-order valence-electron chi connectivity index (χ3n) is 5.31. The molecule has 1 N–H and O–H groups in total. The van der Waals surface area contributed by atoms with Gasteiger partial charge in [-0.2, -0.15) is 0 Å². The van der Waals surface area contributed by atoms with Crippen LogP contribution in [0.15, 0.2) is 23.4 Å². The number of esters is 2. The zero-order valence-electron chi connectivity index (χ0n) is 21.2. The second-order valence-corrected chi connectivity index (χ2v) is 10.2. The molecule has 0 bridgehead atoms. The lowest BCUT2D eigenvalue weighted by Crippen LogP contribution is -2.17. The van der Waals surface area contributed by atoms with E-state index in [0.717, 1.165) is 16.9 Å². The number of amides is 1. The molecule has 37 heavy (non-hydrogen) atoms. The summed E-state index contributed by atoms with van der Waals surface area (Å²) in [5.41, 5.74) is 1.51. The van der Waals surface area contributed by atoms with E-state index in [2.05, 4.69) is 15.5 Å². The summed E-state index contributed by atoms with van der Waals surface area (Å²) in [7, 11) is 2.47. The second kappa shape index (κ2) is 12.4. The molecule has 1 amide bonds. The van der Waals surface area contributed by atoms with Gasteiger partial charge >= 0.3 is 11.9 Å². The first-order chi connectivity index (χ1) is 17.6. The molecule has 0 spiro atoms. The molecule has 3 rings (SSSR count). The Hall–Kier alpha value is -3.09. The molecule has 1 atom stereocenters. The van der Waals surface area contributed by atoms with Gasteiger partial charge in [0.2, 0.25) is 5.91 Å². The molecule has 198 valence electrons. The molecule has 13 heteroatoms. The van der Waals surface area contributed by atoms with Crippen molar-refractivity contribution < 1.29 is 28.6 Å². The molecule has 0 aliphatic heterocycles. The number of ether oxygens (including phenoxy) is 3. The van der Waals surface area contributed by atoms with Crippen molar-refractivity contribution in [1.29, 1.82) is 0 Å². The van der Waals surface area contributed by atoms with Crippen LogP contribution in [0.3, 0.4) is 0 Å². The van der Waals surface area contributed by atoms with E-state index in [0.29, 0.717) is 33.9 Å². The molecule has 2 aromatic heterocycles. The summed E-state index contributed by atoms with van der Waals surface area (Å²) in [6.07, 6.45) is -0.441. The monoisotopic (exact) mass is 566 g/mol. The number of halogens is 1. The summed E-state index contributed by atoms with van der Waals surface area (Å²) >= 11 is 8.40. The average molecular weight is 567 g/mol. The molecule has 0 saturated heterocycles. The summed E-state index contributed by atoms with van der Waals surface area (Å²) in [6.45, 7) is 7.89. The van der Waals surface area contributed by atoms with Crippen molar-refractivity contribution >= 4 is 57.5 Å². The van der Waals surface area contributed by atoms with E-state index in [1.165, 1.54) is 26.0 Å². The van der Waals surface area contributed by atoms with Gasteiger partial charge in [-0.1, -0.05) is 29.4 Å². The molecule has 1 aromatic carbocycles. The van der Waals surface area contributed by atoms with Gasteiger partial charge in [0.15, 0.2) is 17.1 Å². The first-order valence-corrected chi connectivity index (χ1v) is 13.4. The molecule has 0 radical (unpaired) electrons. The van der Waals surface area contributed by atoms with Gasteiger partial charge < -0.3 is 24.1 Å². The topological polar surface area (TPSA) is 122 Å². The zero-order valence-corrected chi connectivity index (χ0v) is 23.6. The molecule has 0 aliphatic carbocycles. The van der Waals surface area contributed by atoms with Gasteiger partial charge in [-0.25, -0.2) is 9.59 Å². The second-order valence-electron chi connectivity index (χ2n) is 7.86. The standard InChI is InChI=1S/C24H27ClN4O6S2/c1-7-29-20(14(4)35-16-10-12(2)8-9-15(16)25)27-28-24(29)36-11-17(30)26-21-18(22(31)33-5)13(3)19(37-21)23(32)34-6/h8-10,14H,7,11H2,1-6H3,(H,26,30). The first-order valence-electron chi connectivity index (χ1n) is 11.2. The molecule has 10 nitrogen and oxygen atoms in total. The third-order valence-corrected chi connectivity index (χ3v) is 7.77. The first kappa shape index (κ1) is 28.5. The van der Waals surface area contributed by atoms with Crippen LogP contribution < -0.4 is 10.1 Å². The van der Waals surface area contributed by atoms with Crippen molar-refractivity contribution in [3.8, 4) is 5.75 Å². The third kappa shape index (κ3) is 6.43. The van der Waals surface area contributed by atoms with E-state index in [4.69, 9.17) is 25.8 Å². The van der Waals surface area contributed by atoms with E-state index >= 15 is 0 Å². The average Bonchev–Trinajstić information content (AvgIpc) is 3.44. The highest BCUT2D eigenvalue weighted by atomic mass is 35.5. The number of nitrogens with one attached hydrogen (secondary N) is 1. The van der Waals surface area contributed by atoms with E-state index in [1.807, 2.05) is 37.5 Å². The Balaban J connectivity index is 1.73. The highest BCUT2D eigenvalue weighted by Crippen LogP contribution is 2.35. The maximum absolute atomic E-state index is 12.8. The smallest absolute Gasteiger partial charge is 0.348 e. The number of methoxy groups -OCH3 is 2. The van der Waals surface area contributed by atoms with Crippen LogP contribution in [-0.4, -0.2) is 52.6 Å². The minimum atomic E-state index is -0.662. The highest BCUT2D eigenvalue weighted by Gasteiger charge is 2.27. The molecular formula is C24H27ClN4O6S2. The largest absolute Gasteiger partial charge is 0.481 e. The Morgan fingerprint density at radius 2 is 1.86 bits per heavy atom. The maximum Gasteiger partial charge on any atom is 0.348 e. The van der Waals surface area contributed by atoms with Gasteiger partial charge in [0.05, 0.1) is 30.6 Å². The Kier molecular flexibility index (Phi) is 9.57. The number of nitrogens with zero attached hydrogens (tertiary/aromatic N) is 3. The van der Waals surface area contributed by atoms with Crippen LogP contribution in [0.5, 0.6) is 5.75 Å². The van der Waals surface area contributed by atoms with Gasteiger partial charge in [0.1, 0.15) is 15.6 Å². The van der Waals surface area contributed by atoms with E-state index < -0.39 is 23.9 Å². The number of benzene rings is 1. The quantitative estimate of drug-likeness (QED) is 0.264. The number of carbonyl (C=O) groups is 3. The van der Waals surface area contributed by atoms with Crippen molar-refractivity contribution in [2.24, 2.45) is 0 Å². The summed E-state index contributed by atoms with van der Waals surface area (Å²) < 4.78 is 17.5. The lowest BCUT2D eigenvalue weighted by molar-refractivity contribution is -0.113. The van der Waals surface area contributed by atoms with Crippen LogP contribution in [-0.2, 0) is 20.8 Å². The Labute approximate surface area is 227 Å². The minimum absolute atomic E-state index is 0.0117. The van der Waals surface area contributed by atoms with Crippen LogP contribution in [0.25, 0.3) is 0 Å². The molecule has 0 fully saturated rings. The number of thiophene rings is 1. The van der Waals surface area contributed by atoms with E-state index in [-0.39, 0.29) is 21.2 Å². The predicted octanol–water partition coefficient (Wildman–Crippen LogP) is 5.07. The van der Waals surface area contributed by atoms with Crippen molar-refractivity contribution in [1.82, 2.24) is 14.8 Å². The molecule has 2 heterocycles. The molecule has 1 unspecified atom stereocenters. The fourth-order valence-corrected chi connectivity index (χ4v) is 5.58. The van der Waals surface area contributed by atoms with Crippen molar-refractivity contribution in [2.45, 2.75) is 45.5 Å². The molecule has 3 aromatic rings. The lowest BCUT2D eigenvalue weighted by Gasteiger charge is -2.16. The number of anilines is 1. The number of rotatable bonds is 10. The van der Waals surface area contributed by atoms with Crippen LogP contribution in [0.4, 0.5) is 5.00 Å². The van der Waals surface area contributed by atoms with E-state index in [9.17, 15) is 14.4 Å². The van der Waals surface area contributed by atoms with Crippen LogP contribution in [0, 0.1) is 13.8 Å². The number of thioether (sulfide) groups is 1. The van der Waals surface area contributed by atoms with Gasteiger partial charge in [-0.3, -0.25) is 4.79 Å². The summed E-state index contributed by atoms with van der Waals surface area (Å²) in [5, 5.41) is 12.4. The lowest BCUT2D eigenvalue weighted by atomic mass is 10.1. The number of aryl methyl sites for hydroxylation is 1. The normalized spacial score (nSPS) is 11.6. The summed E-state index contributed by atoms with van der Waals surface area (Å²) in [4.78, 5) is 37.3. The van der Waals surface area contributed by atoms with Gasteiger partial charge in [0, 0.05) is 6.54 Å². The SMILES string of the molecule is CCn1c(SCC(=O)Nc2sc(C(=O)OC)c(C)c2C(=O)OC)nnc1C(C)Oc1cc(C)ccc1Cl. The zero-order chi connectivity index (χ0) is 27.3. The number of hydrogen-bond acceptors (Lipinski definition) is 10. The fourth-order valence-electron chi connectivity index (χ4n) is 3.48. The number of hydrogen-bond donors (Lipinski definition) is 1. The highest BCUT2D eigenvalue weighted by molar-refractivity contribution is 7.99. The molecular weight excluding hydrogens is 540 g/mol. The summed E-state index contributed by atoms with van der Waals surface area (Å²) in [5.74, 6) is -0.530. The predicted molar refractivity (Wildman–Crippen MR) is 142 cm³/mol. The van der Waals surface area contributed by atoms with Crippen LogP contribution in [0.1, 0.15) is 56.9 Å². The van der Waals surface area contributed by atoms with Gasteiger partial charge in [0.25, 0.3) is 0 Å². The van der Waals surface area contributed by atoms with Gasteiger partial charge in [-0.05, 0) is 51.0 Å². The minimum Gasteiger partial charge on any atom is -0.481 e. The van der Waals surface area contributed by atoms with E-state index in [1.54, 1.807) is 13.0 Å².